The zero-order chi connectivity index (χ0) is 10.0. The Morgan fingerprint density at radius 2 is 1.77 bits per heavy atom. The van der Waals surface area contributed by atoms with Crippen molar-refractivity contribution in [3.8, 4) is 0 Å². The van der Waals surface area contributed by atoms with Gasteiger partial charge >= 0.3 is 0 Å². The molecule has 0 aromatic heterocycles. The molecule has 13 heavy (non-hydrogen) atoms. The van der Waals surface area contributed by atoms with Gasteiger partial charge in [-0.3, -0.25) is 0 Å². The Morgan fingerprint density at radius 1 is 1.15 bits per heavy atom. The normalized spacial score (nSPS) is 46.4. The summed E-state index contributed by atoms with van der Waals surface area (Å²) in [5.41, 5.74) is 0. The van der Waals surface area contributed by atoms with Crippen LogP contribution in [0.4, 0.5) is 0 Å². The summed E-state index contributed by atoms with van der Waals surface area (Å²) in [6.07, 6.45) is -5.91. The number of ether oxygens (including phenoxy) is 2. The van der Waals surface area contributed by atoms with Crippen LogP contribution in [0.1, 0.15) is 0 Å². The van der Waals surface area contributed by atoms with Crippen molar-refractivity contribution in [2.24, 2.45) is 0 Å². The van der Waals surface area contributed by atoms with E-state index in [2.05, 4.69) is 0 Å². The third kappa shape index (κ3) is 1.98. The predicted molar refractivity (Wildman–Crippen MR) is 40.8 cm³/mol. The van der Waals surface area contributed by atoms with Crippen molar-refractivity contribution >= 4 is 0 Å². The number of rotatable bonds is 2. The highest BCUT2D eigenvalue weighted by atomic mass is 16.7. The highest BCUT2D eigenvalue weighted by Gasteiger charge is 2.43. The number of hydrogen-bond donors (Lipinski definition) is 4. The van der Waals surface area contributed by atoms with Gasteiger partial charge in [-0.05, 0) is 0 Å². The van der Waals surface area contributed by atoms with Gasteiger partial charge in [0, 0.05) is 7.11 Å². The molecule has 5 atom stereocenters. The highest BCUT2D eigenvalue weighted by Crippen LogP contribution is 2.20. The first-order valence-corrected chi connectivity index (χ1v) is 3.95. The standard InChI is InChI=1S/C7H14O6/c1-12-7-6(11)5(10)4(9)3(2-8)13-7/h3-11H,2H2,1H3/t3?,4-,5?,6?,7?/m0/s1. The lowest BCUT2D eigenvalue weighted by Crippen LogP contribution is -2.58. The number of aliphatic hydroxyl groups is 4. The summed E-state index contributed by atoms with van der Waals surface area (Å²) in [6, 6.07) is 0. The van der Waals surface area contributed by atoms with Crippen molar-refractivity contribution in [2.45, 2.75) is 30.7 Å². The molecule has 0 amide bonds. The maximum atomic E-state index is 9.28. The Labute approximate surface area is 75.3 Å². The number of methoxy groups -OCH3 is 1. The van der Waals surface area contributed by atoms with E-state index in [4.69, 9.17) is 14.6 Å². The van der Waals surface area contributed by atoms with E-state index < -0.39 is 37.3 Å². The van der Waals surface area contributed by atoms with E-state index in [9.17, 15) is 15.3 Å². The average molecular weight is 194 g/mol. The van der Waals surface area contributed by atoms with E-state index in [1.807, 2.05) is 0 Å². The Balaban J connectivity index is 2.66. The van der Waals surface area contributed by atoms with Crippen LogP contribution in [0.2, 0.25) is 0 Å². The lowest BCUT2D eigenvalue weighted by Gasteiger charge is -2.38. The van der Waals surface area contributed by atoms with Gasteiger partial charge in [0.05, 0.1) is 6.61 Å². The van der Waals surface area contributed by atoms with E-state index in [0.717, 1.165) is 0 Å². The first kappa shape index (κ1) is 10.8. The molecule has 1 saturated heterocycles. The van der Waals surface area contributed by atoms with E-state index >= 15 is 0 Å². The largest absolute Gasteiger partial charge is 0.394 e. The van der Waals surface area contributed by atoms with Crippen molar-refractivity contribution < 1.29 is 29.9 Å². The average Bonchev–Trinajstić information content (AvgIpc) is 2.15. The molecule has 4 N–H and O–H groups in total. The van der Waals surface area contributed by atoms with Crippen LogP contribution in [0.5, 0.6) is 0 Å². The van der Waals surface area contributed by atoms with Gasteiger partial charge in [0.1, 0.15) is 24.4 Å². The van der Waals surface area contributed by atoms with Gasteiger partial charge in [0.15, 0.2) is 6.29 Å². The van der Waals surface area contributed by atoms with Crippen LogP contribution < -0.4 is 0 Å². The molecule has 0 saturated carbocycles. The maximum absolute atomic E-state index is 9.28. The minimum absolute atomic E-state index is 0.440. The molecule has 1 heterocycles. The van der Waals surface area contributed by atoms with Crippen molar-refractivity contribution in [1.29, 1.82) is 0 Å². The quantitative estimate of drug-likeness (QED) is 0.386. The van der Waals surface area contributed by atoms with Crippen molar-refractivity contribution in [3.05, 3.63) is 0 Å². The van der Waals surface area contributed by atoms with E-state index in [1.54, 1.807) is 0 Å². The maximum Gasteiger partial charge on any atom is 0.186 e. The molecule has 1 rings (SSSR count). The second kappa shape index (κ2) is 4.32. The molecule has 1 aliphatic rings. The summed E-state index contributed by atoms with van der Waals surface area (Å²) < 4.78 is 9.65. The molecule has 6 heteroatoms. The minimum atomic E-state index is -1.36. The molecular formula is C7H14O6. The predicted octanol–water partition coefficient (Wildman–Crippen LogP) is -2.57. The molecular weight excluding hydrogens is 180 g/mol. The van der Waals surface area contributed by atoms with Crippen LogP contribution in [0.15, 0.2) is 0 Å². The molecule has 78 valence electrons. The fourth-order valence-corrected chi connectivity index (χ4v) is 1.26. The van der Waals surface area contributed by atoms with Crippen LogP contribution >= 0.6 is 0 Å². The second-order valence-electron chi connectivity index (χ2n) is 2.93. The zero-order valence-corrected chi connectivity index (χ0v) is 7.20. The van der Waals surface area contributed by atoms with Gasteiger partial charge in [-0.1, -0.05) is 0 Å². The highest BCUT2D eigenvalue weighted by molar-refractivity contribution is 4.88. The van der Waals surface area contributed by atoms with Gasteiger partial charge in [0.2, 0.25) is 0 Å². The van der Waals surface area contributed by atoms with E-state index in [0.29, 0.717) is 0 Å². The molecule has 0 aromatic rings. The summed E-state index contributed by atoms with van der Waals surface area (Å²) in [5.74, 6) is 0. The fourth-order valence-electron chi connectivity index (χ4n) is 1.26. The van der Waals surface area contributed by atoms with Gasteiger partial charge in [0.25, 0.3) is 0 Å². The molecule has 0 aliphatic carbocycles. The lowest BCUT2D eigenvalue weighted by molar-refractivity contribution is -0.294. The molecule has 0 radical (unpaired) electrons. The van der Waals surface area contributed by atoms with Gasteiger partial charge in [-0.2, -0.15) is 0 Å². The minimum Gasteiger partial charge on any atom is -0.394 e. The third-order valence-electron chi connectivity index (χ3n) is 2.08. The molecule has 0 aromatic carbocycles. The molecule has 1 aliphatic heterocycles. The van der Waals surface area contributed by atoms with Crippen molar-refractivity contribution in [1.82, 2.24) is 0 Å². The topological polar surface area (TPSA) is 99.4 Å². The molecule has 0 spiro atoms. The van der Waals surface area contributed by atoms with Gasteiger partial charge < -0.3 is 29.9 Å². The Kier molecular flexibility index (Phi) is 3.60. The van der Waals surface area contributed by atoms with Crippen LogP contribution in [-0.2, 0) is 9.47 Å². The van der Waals surface area contributed by atoms with Crippen molar-refractivity contribution in [3.63, 3.8) is 0 Å². The fraction of sp³-hybridized carbons (Fsp3) is 1.00. The van der Waals surface area contributed by atoms with Crippen molar-refractivity contribution in [2.75, 3.05) is 13.7 Å². The summed E-state index contributed by atoms with van der Waals surface area (Å²) >= 11 is 0. The third-order valence-corrected chi connectivity index (χ3v) is 2.08. The smallest absolute Gasteiger partial charge is 0.186 e. The van der Waals surface area contributed by atoms with Crippen LogP contribution in [0.3, 0.4) is 0 Å². The first-order valence-electron chi connectivity index (χ1n) is 3.95. The van der Waals surface area contributed by atoms with Crippen LogP contribution in [0.25, 0.3) is 0 Å². The van der Waals surface area contributed by atoms with E-state index in [1.165, 1.54) is 7.11 Å². The Bertz CT molecular complexity index is 143. The summed E-state index contributed by atoms with van der Waals surface area (Å²) in [5, 5.41) is 36.6. The Morgan fingerprint density at radius 3 is 2.23 bits per heavy atom. The lowest BCUT2D eigenvalue weighted by atomic mass is 9.99. The number of hydrogen-bond acceptors (Lipinski definition) is 6. The monoisotopic (exact) mass is 194 g/mol. The molecule has 4 unspecified atom stereocenters. The SMILES string of the molecule is COC1OC(CO)[C@H](O)C(O)C1O. The summed E-state index contributed by atoms with van der Waals surface area (Å²) in [7, 11) is 1.30. The number of aliphatic hydroxyl groups excluding tert-OH is 4. The zero-order valence-electron chi connectivity index (χ0n) is 7.20. The molecule has 1 fully saturated rings. The van der Waals surface area contributed by atoms with Gasteiger partial charge in [-0.15, -0.1) is 0 Å². The Hall–Kier alpha value is -0.240. The van der Waals surface area contributed by atoms with Gasteiger partial charge in [-0.25, -0.2) is 0 Å². The second-order valence-corrected chi connectivity index (χ2v) is 2.93. The first-order chi connectivity index (χ1) is 6.11. The van der Waals surface area contributed by atoms with E-state index in [-0.39, 0.29) is 0 Å². The van der Waals surface area contributed by atoms with Crippen LogP contribution in [0, 0.1) is 0 Å². The summed E-state index contributed by atoms with van der Waals surface area (Å²) in [6.45, 7) is -0.440. The van der Waals surface area contributed by atoms with Crippen LogP contribution in [-0.4, -0.2) is 64.8 Å². The molecule has 0 bridgehead atoms. The summed E-state index contributed by atoms with van der Waals surface area (Å²) in [4.78, 5) is 0. The molecule has 6 nitrogen and oxygen atoms in total.